The Morgan fingerprint density at radius 1 is 1.67 bits per heavy atom. The molecule has 1 aliphatic carbocycles. The molecule has 3 heteroatoms. The lowest BCUT2D eigenvalue weighted by Gasteiger charge is -2.21. The fourth-order valence-corrected chi connectivity index (χ4v) is 2.32. The van der Waals surface area contributed by atoms with Gasteiger partial charge >= 0.3 is 5.97 Å². The van der Waals surface area contributed by atoms with E-state index in [1.165, 1.54) is 11.1 Å². The van der Waals surface area contributed by atoms with E-state index in [1.54, 1.807) is 0 Å². The maximum absolute atomic E-state index is 11.7. The second-order valence-corrected chi connectivity index (χ2v) is 4.06. The van der Waals surface area contributed by atoms with Crippen molar-refractivity contribution in [3.05, 3.63) is 23.0 Å². The summed E-state index contributed by atoms with van der Waals surface area (Å²) in [5.74, 6) is -0.150. The number of rotatable bonds is 2. The summed E-state index contributed by atoms with van der Waals surface area (Å²) in [4.78, 5) is 14.9. The molecule has 2 rings (SSSR count). The molecule has 1 aromatic rings. The summed E-state index contributed by atoms with van der Waals surface area (Å²) in [6, 6.07) is 0. The van der Waals surface area contributed by atoms with Gasteiger partial charge in [0.25, 0.3) is 0 Å². The van der Waals surface area contributed by atoms with Gasteiger partial charge in [-0.15, -0.1) is 0 Å². The minimum Gasteiger partial charge on any atom is -0.465 e. The Balaban J connectivity index is 2.26. The normalized spacial score (nSPS) is 19.7. The third-order valence-electron chi connectivity index (χ3n) is 3.08. The summed E-state index contributed by atoms with van der Waals surface area (Å²) in [7, 11) is 0. The Hall–Kier alpha value is -1.25. The van der Waals surface area contributed by atoms with E-state index in [-0.39, 0.29) is 11.9 Å². The molecule has 3 nitrogen and oxygen atoms in total. The fourth-order valence-electron chi connectivity index (χ4n) is 2.32. The van der Waals surface area contributed by atoms with Crippen molar-refractivity contribution in [2.45, 2.75) is 39.0 Å². The van der Waals surface area contributed by atoms with Crippen LogP contribution >= 0.6 is 0 Å². The molecule has 0 amide bonds. The summed E-state index contributed by atoms with van der Waals surface area (Å²) >= 11 is 0. The first-order chi connectivity index (χ1) is 7.24. The van der Waals surface area contributed by atoms with E-state index in [9.17, 15) is 4.79 Å². The molecule has 1 atom stereocenters. The maximum atomic E-state index is 11.7. The third-order valence-corrected chi connectivity index (χ3v) is 3.08. The molecule has 0 bridgehead atoms. The van der Waals surface area contributed by atoms with E-state index in [4.69, 9.17) is 4.74 Å². The zero-order chi connectivity index (χ0) is 10.8. The molecule has 0 saturated carbocycles. The smallest absolute Gasteiger partial charge is 0.314 e. The summed E-state index contributed by atoms with van der Waals surface area (Å²) in [5.41, 5.74) is 3.66. The van der Waals surface area contributed by atoms with Crippen LogP contribution in [0.3, 0.4) is 0 Å². The molecular weight excluding hydrogens is 190 g/mol. The van der Waals surface area contributed by atoms with Gasteiger partial charge in [-0.3, -0.25) is 4.79 Å². The van der Waals surface area contributed by atoms with E-state index in [0.717, 1.165) is 25.0 Å². The molecule has 1 N–H and O–H groups in total. The molecule has 0 saturated heterocycles. The topological polar surface area (TPSA) is 42.1 Å². The van der Waals surface area contributed by atoms with Crippen molar-refractivity contribution in [2.24, 2.45) is 0 Å². The first kappa shape index (κ1) is 10.3. The number of hydrogen-bond acceptors (Lipinski definition) is 2. The first-order valence-electron chi connectivity index (χ1n) is 5.57. The highest BCUT2D eigenvalue weighted by Crippen LogP contribution is 2.33. The molecule has 1 unspecified atom stereocenters. The molecule has 82 valence electrons. The Morgan fingerprint density at radius 2 is 2.47 bits per heavy atom. The van der Waals surface area contributed by atoms with E-state index in [1.807, 2.05) is 13.1 Å². The number of carbonyl (C=O) groups excluding carboxylic acids is 1. The van der Waals surface area contributed by atoms with Crippen molar-refractivity contribution in [3.63, 3.8) is 0 Å². The maximum Gasteiger partial charge on any atom is 0.314 e. The number of H-pyrrole nitrogens is 1. The fraction of sp³-hybridized carbons (Fsp3) is 0.583. The van der Waals surface area contributed by atoms with Crippen molar-refractivity contribution in [1.82, 2.24) is 4.98 Å². The van der Waals surface area contributed by atoms with Crippen LogP contribution in [0.15, 0.2) is 6.20 Å². The highest BCUT2D eigenvalue weighted by atomic mass is 16.5. The molecule has 1 aliphatic rings. The van der Waals surface area contributed by atoms with Crippen LogP contribution in [0.25, 0.3) is 0 Å². The van der Waals surface area contributed by atoms with Crippen LogP contribution in [0.1, 0.15) is 42.5 Å². The average molecular weight is 207 g/mol. The number of esters is 1. The number of ether oxygens (including phenoxy) is 1. The second-order valence-electron chi connectivity index (χ2n) is 4.06. The number of aryl methyl sites for hydroxylation is 1. The van der Waals surface area contributed by atoms with Gasteiger partial charge in [-0.2, -0.15) is 0 Å². The lowest BCUT2D eigenvalue weighted by Crippen LogP contribution is -2.20. The van der Waals surface area contributed by atoms with E-state index in [0.29, 0.717) is 6.61 Å². The average Bonchev–Trinajstić information content (AvgIpc) is 2.61. The number of carbonyl (C=O) groups is 1. The van der Waals surface area contributed by atoms with Crippen molar-refractivity contribution < 1.29 is 9.53 Å². The number of nitrogens with one attached hydrogen (secondary N) is 1. The minimum absolute atomic E-state index is 0.0672. The van der Waals surface area contributed by atoms with Gasteiger partial charge in [-0.25, -0.2) is 0 Å². The molecule has 0 fully saturated rings. The number of fused-ring (bicyclic) bond motifs is 1. The standard InChI is InChI=1S/C12H17NO2/c1-3-15-12(14)10-6-4-5-9-8(2)7-13-11(9)10/h7,10,13H,3-6H2,1-2H3. The van der Waals surface area contributed by atoms with Gasteiger partial charge in [-0.1, -0.05) is 0 Å². The van der Waals surface area contributed by atoms with Crippen LogP contribution in [-0.2, 0) is 16.0 Å². The number of aromatic nitrogens is 1. The SMILES string of the molecule is CCOC(=O)C1CCCc2c(C)c[nH]c21. The van der Waals surface area contributed by atoms with Crippen molar-refractivity contribution >= 4 is 5.97 Å². The molecule has 15 heavy (non-hydrogen) atoms. The second kappa shape index (κ2) is 4.09. The minimum atomic E-state index is -0.0831. The van der Waals surface area contributed by atoms with E-state index >= 15 is 0 Å². The Kier molecular flexibility index (Phi) is 2.80. The zero-order valence-corrected chi connectivity index (χ0v) is 9.30. The monoisotopic (exact) mass is 207 g/mol. The third kappa shape index (κ3) is 1.78. The molecule has 0 spiro atoms. The Morgan fingerprint density at radius 3 is 3.20 bits per heavy atom. The van der Waals surface area contributed by atoms with Gasteiger partial charge in [0, 0.05) is 11.9 Å². The van der Waals surface area contributed by atoms with Gasteiger partial charge in [0.05, 0.1) is 12.5 Å². The van der Waals surface area contributed by atoms with E-state index in [2.05, 4.69) is 11.9 Å². The van der Waals surface area contributed by atoms with Gasteiger partial charge in [-0.05, 0) is 44.2 Å². The highest BCUT2D eigenvalue weighted by molar-refractivity contribution is 5.78. The molecule has 0 aromatic carbocycles. The molecule has 1 aromatic heterocycles. The largest absolute Gasteiger partial charge is 0.465 e. The van der Waals surface area contributed by atoms with Crippen LogP contribution in [0.4, 0.5) is 0 Å². The molecule has 0 aliphatic heterocycles. The van der Waals surface area contributed by atoms with Crippen LogP contribution in [-0.4, -0.2) is 17.6 Å². The van der Waals surface area contributed by atoms with Gasteiger partial charge in [0.1, 0.15) is 0 Å². The molecule has 1 heterocycles. The Labute approximate surface area is 89.8 Å². The molecule has 0 radical (unpaired) electrons. The lowest BCUT2D eigenvalue weighted by atomic mass is 9.86. The summed E-state index contributed by atoms with van der Waals surface area (Å²) < 4.78 is 5.09. The predicted octanol–water partition coefficient (Wildman–Crippen LogP) is 2.31. The lowest BCUT2D eigenvalue weighted by molar-refractivity contribution is -0.145. The highest BCUT2D eigenvalue weighted by Gasteiger charge is 2.29. The van der Waals surface area contributed by atoms with Crippen molar-refractivity contribution in [2.75, 3.05) is 6.61 Å². The summed E-state index contributed by atoms with van der Waals surface area (Å²) in [6.07, 6.45) is 5.06. The van der Waals surface area contributed by atoms with Crippen LogP contribution in [0.2, 0.25) is 0 Å². The zero-order valence-electron chi connectivity index (χ0n) is 9.30. The van der Waals surface area contributed by atoms with Gasteiger partial charge < -0.3 is 9.72 Å². The first-order valence-corrected chi connectivity index (χ1v) is 5.57. The summed E-state index contributed by atoms with van der Waals surface area (Å²) in [5, 5.41) is 0. The van der Waals surface area contributed by atoms with Crippen molar-refractivity contribution in [3.8, 4) is 0 Å². The summed E-state index contributed by atoms with van der Waals surface area (Å²) in [6.45, 7) is 4.40. The van der Waals surface area contributed by atoms with Gasteiger partial charge in [0.15, 0.2) is 0 Å². The van der Waals surface area contributed by atoms with Crippen LogP contribution < -0.4 is 0 Å². The number of aromatic amines is 1. The number of hydrogen-bond donors (Lipinski definition) is 1. The Bertz CT molecular complexity index is 368. The van der Waals surface area contributed by atoms with Crippen LogP contribution in [0, 0.1) is 6.92 Å². The van der Waals surface area contributed by atoms with E-state index < -0.39 is 0 Å². The van der Waals surface area contributed by atoms with Crippen molar-refractivity contribution in [1.29, 1.82) is 0 Å². The predicted molar refractivity (Wildman–Crippen MR) is 57.8 cm³/mol. The van der Waals surface area contributed by atoms with Crippen LogP contribution in [0.5, 0.6) is 0 Å². The quantitative estimate of drug-likeness (QED) is 0.756. The van der Waals surface area contributed by atoms with Gasteiger partial charge in [0.2, 0.25) is 0 Å². The molecular formula is C12H17NO2.